The SMILES string of the molecule is CCOc1ccc(-c2ccccc2S(=O)(=O)Cl)cc1. The van der Waals surface area contributed by atoms with E-state index in [1.54, 1.807) is 30.3 Å². The molecule has 0 amide bonds. The number of benzene rings is 2. The second-order valence-electron chi connectivity index (χ2n) is 3.89. The van der Waals surface area contributed by atoms with Crippen LogP contribution in [0.2, 0.25) is 0 Å². The lowest BCUT2D eigenvalue weighted by molar-refractivity contribution is 0.340. The summed E-state index contributed by atoms with van der Waals surface area (Å²) >= 11 is 0. The van der Waals surface area contributed by atoms with Crippen LogP contribution in [0.4, 0.5) is 0 Å². The summed E-state index contributed by atoms with van der Waals surface area (Å²) in [5.41, 5.74) is 1.36. The van der Waals surface area contributed by atoms with E-state index in [4.69, 9.17) is 15.4 Å². The number of halogens is 1. The Balaban J connectivity index is 2.48. The Hall–Kier alpha value is -1.52. The minimum Gasteiger partial charge on any atom is -0.494 e. The van der Waals surface area contributed by atoms with Gasteiger partial charge in [0, 0.05) is 16.2 Å². The van der Waals surface area contributed by atoms with Crippen molar-refractivity contribution < 1.29 is 13.2 Å². The van der Waals surface area contributed by atoms with E-state index < -0.39 is 9.05 Å². The lowest BCUT2D eigenvalue weighted by Crippen LogP contribution is -1.95. The second-order valence-corrected chi connectivity index (χ2v) is 6.43. The topological polar surface area (TPSA) is 43.4 Å². The summed E-state index contributed by atoms with van der Waals surface area (Å²) in [5.74, 6) is 0.748. The fraction of sp³-hybridized carbons (Fsp3) is 0.143. The molecule has 0 saturated heterocycles. The number of hydrogen-bond donors (Lipinski definition) is 0. The van der Waals surface area contributed by atoms with E-state index in [0.29, 0.717) is 12.2 Å². The maximum atomic E-state index is 11.5. The van der Waals surface area contributed by atoms with Crippen molar-refractivity contribution in [2.24, 2.45) is 0 Å². The summed E-state index contributed by atoms with van der Waals surface area (Å²) in [5, 5.41) is 0. The van der Waals surface area contributed by atoms with Crippen molar-refractivity contribution in [2.45, 2.75) is 11.8 Å². The second kappa shape index (κ2) is 5.63. The first-order valence-corrected chi connectivity index (χ1v) is 8.10. The van der Waals surface area contributed by atoms with Crippen LogP contribution in [0, 0.1) is 0 Å². The first-order chi connectivity index (χ1) is 9.02. The average Bonchev–Trinajstić information content (AvgIpc) is 2.39. The van der Waals surface area contributed by atoms with Crippen molar-refractivity contribution >= 4 is 19.7 Å². The predicted octanol–water partition coefficient (Wildman–Crippen LogP) is 3.68. The van der Waals surface area contributed by atoms with E-state index in [9.17, 15) is 8.42 Å². The monoisotopic (exact) mass is 296 g/mol. The molecule has 0 aromatic heterocycles. The van der Waals surface area contributed by atoms with Gasteiger partial charge in [-0.2, -0.15) is 0 Å². The van der Waals surface area contributed by atoms with E-state index >= 15 is 0 Å². The maximum absolute atomic E-state index is 11.5. The minimum absolute atomic E-state index is 0.112. The van der Waals surface area contributed by atoms with Gasteiger partial charge in [-0.05, 0) is 30.7 Å². The van der Waals surface area contributed by atoms with E-state index in [0.717, 1.165) is 11.3 Å². The van der Waals surface area contributed by atoms with Gasteiger partial charge in [0.2, 0.25) is 0 Å². The number of ether oxygens (including phenoxy) is 1. The largest absolute Gasteiger partial charge is 0.494 e. The van der Waals surface area contributed by atoms with Gasteiger partial charge < -0.3 is 4.74 Å². The summed E-state index contributed by atoms with van der Waals surface area (Å²) in [6.45, 7) is 2.50. The Bertz CT molecular complexity index is 663. The molecule has 19 heavy (non-hydrogen) atoms. The van der Waals surface area contributed by atoms with E-state index in [-0.39, 0.29) is 4.90 Å². The Labute approximate surface area is 117 Å². The molecule has 0 saturated carbocycles. The first kappa shape index (κ1) is 13.9. The van der Waals surface area contributed by atoms with Crippen LogP contribution in [0.15, 0.2) is 53.4 Å². The molecule has 2 aromatic carbocycles. The van der Waals surface area contributed by atoms with E-state index in [1.807, 2.05) is 19.1 Å². The van der Waals surface area contributed by atoms with Crippen LogP contribution in [0.5, 0.6) is 5.75 Å². The molecule has 0 fully saturated rings. The highest BCUT2D eigenvalue weighted by Gasteiger charge is 2.15. The van der Waals surface area contributed by atoms with Crippen LogP contribution in [0.25, 0.3) is 11.1 Å². The molecule has 0 heterocycles. The molecule has 0 N–H and O–H groups in total. The molecule has 0 unspecified atom stereocenters. The van der Waals surface area contributed by atoms with Gasteiger partial charge >= 0.3 is 0 Å². The van der Waals surface area contributed by atoms with Crippen molar-refractivity contribution in [1.29, 1.82) is 0 Å². The molecule has 0 atom stereocenters. The zero-order valence-electron chi connectivity index (χ0n) is 10.3. The Morgan fingerprint density at radius 1 is 1.05 bits per heavy atom. The maximum Gasteiger partial charge on any atom is 0.261 e. The summed E-state index contributed by atoms with van der Waals surface area (Å²) < 4.78 is 28.4. The normalized spacial score (nSPS) is 11.3. The molecule has 2 rings (SSSR count). The molecule has 0 bridgehead atoms. The molecule has 0 spiro atoms. The zero-order valence-corrected chi connectivity index (χ0v) is 11.9. The lowest BCUT2D eigenvalue weighted by atomic mass is 10.1. The van der Waals surface area contributed by atoms with Gasteiger partial charge in [-0.3, -0.25) is 0 Å². The highest BCUT2D eigenvalue weighted by Crippen LogP contribution is 2.30. The third kappa shape index (κ3) is 3.28. The zero-order chi connectivity index (χ0) is 13.9. The van der Waals surface area contributed by atoms with Crippen LogP contribution in [0.3, 0.4) is 0 Å². The van der Waals surface area contributed by atoms with Crippen molar-refractivity contribution in [3.05, 3.63) is 48.5 Å². The Morgan fingerprint density at radius 2 is 1.68 bits per heavy atom. The molecule has 0 aliphatic rings. The average molecular weight is 297 g/mol. The number of hydrogen-bond acceptors (Lipinski definition) is 3. The smallest absolute Gasteiger partial charge is 0.261 e. The van der Waals surface area contributed by atoms with Crippen molar-refractivity contribution in [2.75, 3.05) is 6.61 Å². The van der Waals surface area contributed by atoms with E-state index in [2.05, 4.69) is 0 Å². The summed E-state index contributed by atoms with van der Waals surface area (Å²) in [6.07, 6.45) is 0. The molecule has 5 heteroatoms. The van der Waals surface area contributed by atoms with Gasteiger partial charge in [0.05, 0.1) is 11.5 Å². The lowest BCUT2D eigenvalue weighted by Gasteiger charge is -2.08. The molecule has 0 radical (unpaired) electrons. The van der Waals surface area contributed by atoms with Crippen molar-refractivity contribution in [3.63, 3.8) is 0 Å². The van der Waals surface area contributed by atoms with Crippen LogP contribution in [-0.4, -0.2) is 15.0 Å². The van der Waals surface area contributed by atoms with Gasteiger partial charge in [-0.25, -0.2) is 8.42 Å². The van der Waals surface area contributed by atoms with Gasteiger partial charge in [-0.15, -0.1) is 0 Å². The predicted molar refractivity (Wildman–Crippen MR) is 76.1 cm³/mol. The van der Waals surface area contributed by atoms with E-state index in [1.165, 1.54) is 6.07 Å². The first-order valence-electron chi connectivity index (χ1n) is 5.79. The summed E-state index contributed by atoms with van der Waals surface area (Å²) in [6, 6.07) is 13.9. The minimum atomic E-state index is -3.76. The van der Waals surface area contributed by atoms with Crippen LogP contribution in [0.1, 0.15) is 6.92 Å². The molecule has 3 nitrogen and oxygen atoms in total. The van der Waals surface area contributed by atoms with Crippen LogP contribution in [-0.2, 0) is 9.05 Å². The fourth-order valence-corrected chi connectivity index (χ4v) is 2.91. The summed E-state index contributed by atoms with van der Waals surface area (Å²) in [4.78, 5) is 0.112. The quantitative estimate of drug-likeness (QED) is 0.808. The Kier molecular flexibility index (Phi) is 4.12. The summed E-state index contributed by atoms with van der Waals surface area (Å²) in [7, 11) is 1.68. The molecule has 2 aromatic rings. The molecular weight excluding hydrogens is 284 g/mol. The van der Waals surface area contributed by atoms with Gasteiger partial charge in [0.1, 0.15) is 5.75 Å². The molecule has 0 aliphatic carbocycles. The van der Waals surface area contributed by atoms with Gasteiger partial charge in [0.25, 0.3) is 9.05 Å². The van der Waals surface area contributed by atoms with Crippen LogP contribution < -0.4 is 4.74 Å². The fourth-order valence-electron chi connectivity index (χ4n) is 1.82. The van der Waals surface area contributed by atoms with Gasteiger partial charge in [0.15, 0.2) is 0 Å². The van der Waals surface area contributed by atoms with Crippen molar-refractivity contribution in [3.8, 4) is 16.9 Å². The number of rotatable bonds is 4. The molecule has 100 valence electrons. The molecular formula is C14H13ClO3S. The van der Waals surface area contributed by atoms with Crippen LogP contribution >= 0.6 is 10.7 Å². The Morgan fingerprint density at radius 3 is 2.26 bits per heavy atom. The van der Waals surface area contributed by atoms with Gasteiger partial charge in [-0.1, -0.05) is 30.3 Å². The third-order valence-corrected chi connectivity index (χ3v) is 4.01. The standard InChI is InChI=1S/C14H13ClO3S/c1-2-18-12-9-7-11(8-10-12)13-5-3-4-6-14(13)19(15,16)17/h3-10H,2H2,1H3. The highest BCUT2D eigenvalue weighted by molar-refractivity contribution is 8.13. The molecule has 0 aliphatic heterocycles. The highest BCUT2D eigenvalue weighted by atomic mass is 35.7. The third-order valence-electron chi connectivity index (χ3n) is 2.63. The van der Waals surface area contributed by atoms with Crippen molar-refractivity contribution in [1.82, 2.24) is 0 Å².